The molecule has 1 heterocycles. The fourth-order valence-corrected chi connectivity index (χ4v) is 3.23. The summed E-state index contributed by atoms with van der Waals surface area (Å²) in [6.07, 6.45) is 6.25. The molecule has 0 aromatic carbocycles. The van der Waals surface area contributed by atoms with Crippen LogP contribution in [-0.2, 0) is 9.53 Å². The summed E-state index contributed by atoms with van der Waals surface area (Å²) in [5, 5.41) is 9.88. The Bertz CT molecular complexity index is 305. The second-order valence-electron chi connectivity index (χ2n) is 6.42. The average Bonchev–Trinajstić information content (AvgIpc) is 2.79. The second-order valence-corrected chi connectivity index (χ2v) is 6.42. The summed E-state index contributed by atoms with van der Waals surface area (Å²) in [5.41, 5.74) is 0. The topological polar surface area (TPSA) is 49.8 Å². The van der Waals surface area contributed by atoms with Crippen LogP contribution in [0.25, 0.3) is 0 Å². The highest BCUT2D eigenvalue weighted by molar-refractivity contribution is 5.76. The van der Waals surface area contributed by atoms with Gasteiger partial charge in [-0.25, -0.2) is 0 Å². The number of aliphatic hydroxyl groups is 1. The number of rotatable bonds is 4. The van der Waals surface area contributed by atoms with E-state index >= 15 is 0 Å². The van der Waals surface area contributed by atoms with Gasteiger partial charge in [0.05, 0.1) is 12.7 Å². The van der Waals surface area contributed by atoms with Gasteiger partial charge in [0.1, 0.15) is 6.04 Å². The van der Waals surface area contributed by atoms with Crippen LogP contribution < -0.4 is 0 Å². The van der Waals surface area contributed by atoms with Crippen LogP contribution in [0, 0.1) is 5.92 Å². The molecule has 1 saturated heterocycles. The fraction of sp³-hybridized carbons (Fsp3) is 0.933. The first-order valence-electron chi connectivity index (χ1n) is 7.68. The lowest BCUT2D eigenvalue weighted by Crippen LogP contribution is -2.45. The molecule has 1 aliphatic carbocycles. The van der Waals surface area contributed by atoms with Gasteiger partial charge in [-0.1, -0.05) is 33.1 Å². The van der Waals surface area contributed by atoms with Crippen molar-refractivity contribution < 1.29 is 16.1 Å². The van der Waals surface area contributed by atoms with Gasteiger partial charge in [0.15, 0.2) is 0 Å². The van der Waals surface area contributed by atoms with Gasteiger partial charge in [-0.05, 0) is 18.8 Å². The Morgan fingerprint density at radius 3 is 2.68 bits per heavy atom. The number of nitrogens with zero attached hydrogens (tertiary/aromatic N) is 1. The molecule has 2 rings (SSSR count). The van der Waals surface area contributed by atoms with Crippen molar-refractivity contribution in [3.8, 4) is 0 Å². The van der Waals surface area contributed by atoms with E-state index in [1.54, 1.807) is 0 Å². The number of carbonyl (C=O) groups is 1. The van der Waals surface area contributed by atoms with Crippen LogP contribution in [0.4, 0.5) is 0 Å². The molecule has 0 radical (unpaired) electrons. The van der Waals surface area contributed by atoms with Crippen molar-refractivity contribution in [1.29, 1.82) is 0 Å². The molecule has 1 N–H and O–H groups in total. The molecule has 112 valence electrons. The second kappa shape index (κ2) is 6.71. The normalized spacial score (nSPS) is 29.9. The van der Waals surface area contributed by atoms with Crippen LogP contribution in [-0.4, -0.2) is 47.3 Å². The van der Waals surface area contributed by atoms with Crippen molar-refractivity contribution in [2.45, 2.75) is 70.6 Å². The predicted molar refractivity (Wildman–Crippen MR) is 75.9 cm³/mol. The van der Waals surface area contributed by atoms with Crippen LogP contribution in [0.5, 0.6) is 0 Å². The van der Waals surface area contributed by atoms with Crippen molar-refractivity contribution in [2.75, 3.05) is 13.2 Å². The molecule has 0 amide bonds. The van der Waals surface area contributed by atoms with Crippen LogP contribution in [0.1, 0.15) is 53.8 Å². The lowest BCUT2D eigenvalue weighted by atomic mass is 9.94. The number of hydrogen-bond donors (Lipinski definition) is 1. The highest BCUT2D eigenvalue weighted by atomic mass is 16.5. The molecule has 0 spiro atoms. The van der Waals surface area contributed by atoms with Gasteiger partial charge in [-0.2, -0.15) is 0 Å². The summed E-state index contributed by atoms with van der Waals surface area (Å²) in [6, 6.07) is 0.236. The first-order chi connectivity index (χ1) is 9.08. The number of carbonyl (C=O) groups excluding carboxylic acids is 1. The van der Waals surface area contributed by atoms with E-state index in [1.807, 2.05) is 13.8 Å². The molecule has 2 aliphatic rings. The molecule has 19 heavy (non-hydrogen) atoms. The number of β-amino-alcohol motifs (C(OH)–C–C–N with tert-alkyl or cyclic N) is 1. The SMILES string of the molecule is CC(C)COC(=O)C1CC(O)CN1C1CCCCC1.[HH]. The quantitative estimate of drug-likeness (QED) is 0.796. The molecule has 0 aromatic rings. The van der Waals surface area contributed by atoms with Crippen LogP contribution in [0.15, 0.2) is 0 Å². The van der Waals surface area contributed by atoms with Crippen molar-refractivity contribution in [1.82, 2.24) is 4.90 Å². The summed E-state index contributed by atoms with van der Waals surface area (Å²) >= 11 is 0. The molecular formula is C15H29NO3. The summed E-state index contributed by atoms with van der Waals surface area (Å²) < 4.78 is 5.37. The molecule has 0 aromatic heterocycles. The van der Waals surface area contributed by atoms with E-state index in [-0.39, 0.29) is 19.5 Å². The summed E-state index contributed by atoms with van der Waals surface area (Å²) in [4.78, 5) is 14.4. The van der Waals surface area contributed by atoms with E-state index in [2.05, 4.69) is 4.90 Å². The minimum Gasteiger partial charge on any atom is -0.464 e. The van der Waals surface area contributed by atoms with Crippen molar-refractivity contribution in [2.24, 2.45) is 5.92 Å². The molecule has 1 saturated carbocycles. The maximum atomic E-state index is 12.2. The van der Waals surface area contributed by atoms with E-state index in [1.165, 1.54) is 19.3 Å². The van der Waals surface area contributed by atoms with Gasteiger partial charge in [-0.3, -0.25) is 9.69 Å². The summed E-state index contributed by atoms with van der Waals surface area (Å²) in [6.45, 7) is 5.18. The first-order valence-corrected chi connectivity index (χ1v) is 7.68. The van der Waals surface area contributed by atoms with Gasteiger partial charge in [0.25, 0.3) is 0 Å². The average molecular weight is 271 g/mol. The molecular weight excluding hydrogens is 242 g/mol. The zero-order valence-corrected chi connectivity index (χ0v) is 12.2. The van der Waals surface area contributed by atoms with E-state index in [0.29, 0.717) is 31.5 Å². The summed E-state index contributed by atoms with van der Waals surface area (Å²) in [7, 11) is 0. The van der Waals surface area contributed by atoms with Gasteiger partial charge < -0.3 is 9.84 Å². The molecule has 2 unspecified atom stereocenters. The largest absolute Gasteiger partial charge is 0.464 e. The number of aliphatic hydroxyl groups excluding tert-OH is 1. The van der Waals surface area contributed by atoms with Crippen LogP contribution in [0.2, 0.25) is 0 Å². The zero-order chi connectivity index (χ0) is 13.8. The third-order valence-corrected chi connectivity index (χ3v) is 4.19. The Morgan fingerprint density at radius 1 is 1.37 bits per heavy atom. The molecule has 1 aliphatic heterocycles. The molecule has 2 atom stereocenters. The number of ether oxygens (including phenoxy) is 1. The predicted octanol–water partition coefficient (Wildman–Crippen LogP) is 2.20. The standard InChI is InChI=1S/C15H27NO3.H2/c1-11(2)10-19-15(18)14-8-13(17)9-16(14)12-6-4-3-5-7-12;/h11-14,17H,3-10H2,1-2H3;1H. The van der Waals surface area contributed by atoms with Gasteiger partial charge in [0, 0.05) is 20.4 Å². The number of esters is 1. The number of likely N-dealkylation sites (tertiary alicyclic amines) is 1. The number of hydrogen-bond acceptors (Lipinski definition) is 4. The Kier molecular flexibility index (Phi) is 5.22. The lowest BCUT2D eigenvalue weighted by molar-refractivity contribution is -0.151. The minimum atomic E-state index is -0.376. The Labute approximate surface area is 117 Å². The van der Waals surface area contributed by atoms with Crippen molar-refractivity contribution in [3.63, 3.8) is 0 Å². The molecule has 2 fully saturated rings. The monoisotopic (exact) mass is 271 g/mol. The highest BCUT2D eigenvalue weighted by Gasteiger charge is 2.40. The third kappa shape index (κ3) is 3.93. The van der Waals surface area contributed by atoms with Crippen LogP contribution in [0.3, 0.4) is 0 Å². The maximum Gasteiger partial charge on any atom is 0.323 e. The van der Waals surface area contributed by atoms with Crippen molar-refractivity contribution >= 4 is 5.97 Å². The Morgan fingerprint density at radius 2 is 2.05 bits per heavy atom. The molecule has 4 heteroatoms. The Balaban J connectivity index is 0.00000200. The van der Waals surface area contributed by atoms with Crippen molar-refractivity contribution in [3.05, 3.63) is 0 Å². The zero-order valence-electron chi connectivity index (χ0n) is 12.2. The smallest absolute Gasteiger partial charge is 0.323 e. The summed E-state index contributed by atoms with van der Waals surface area (Å²) in [5.74, 6) is 0.217. The highest BCUT2D eigenvalue weighted by Crippen LogP contribution is 2.29. The molecule has 4 nitrogen and oxygen atoms in total. The van der Waals surface area contributed by atoms with E-state index in [4.69, 9.17) is 4.74 Å². The fourth-order valence-electron chi connectivity index (χ4n) is 3.23. The van der Waals surface area contributed by atoms with E-state index in [0.717, 1.165) is 12.8 Å². The van der Waals surface area contributed by atoms with E-state index in [9.17, 15) is 9.90 Å². The van der Waals surface area contributed by atoms with E-state index < -0.39 is 0 Å². The third-order valence-electron chi connectivity index (χ3n) is 4.19. The lowest BCUT2D eigenvalue weighted by Gasteiger charge is -2.34. The van der Waals surface area contributed by atoms with Crippen LogP contribution >= 0.6 is 0 Å². The van der Waals surface area contributed by atoms with Gasteiger partial charge >= 0.3 is 5.97 Å². The first kappa shape index (κ1) is 14.8. The Hall–Kier alpha value is -0.610. The van der Waals surface area contributed by atoms with Gasteiger partial charge in [-0.15, -0.1) is 0 Å². The maximum absolute atomic E-state index is 12.2. The van der Waals surface area contributed by atoms with Gasteiger partial charge in [0.2, 0.25) is 0 Å². The molecule has 0 bridgehead atoms. The minimum absolute atomic E-state index is 0.